The van der Waals surface area contributed by atoms with Gasteiger partial charge in [0.1, 0.15) is 11.4 Å². The minimum Gasteiger partial charge on any atom is -0.317 e. The molecule has 0 aliphatic carbocycles. The fourth-order valence-corrected chi connectivity index (χ4v) is 3.84. The van der Waals surface area contributed by atoms with Gasteiger partial charge < -0.3 is 4.90 Å². The van der Waals surface area contributed by atoms with E-state index < -0.39 is 44.9 Å². The lowest BCUT2D eigenvalue weighted by Gasteiger charge is -2.27. The van der Waals surface area contributed by atoms with E-state index in [-0.39, 0.29) is 10.8 Å². The minimum absolute atomic E-state index is 0.259. The fourth-order valence-electron chi connectivity index (χ4n) is 2.50. The summed E-state index contributed by atoms with van der Waals surface area (Å²) >= 11 is 5.05. The van der Waals surface area contributed by atoms with Gasteiger partial charge >= 0.3 is 6.18 Å². The van der Waals surface area contributed by atoms with Gasteiger partial charge in [-0.3, -0.25) is 14.2 Å². The summed E-state index contributed by atoms with van der Waals surface area (Å²) < 4.78 is 70.8. The Balaban J connectivity index is 0.000000861. The zero-order valence-corrected chi connectivity index (χ0v) is 18.1. The van der Waals surface area contributed by atoms with E-state index in [0.717, 1.165) is 21.9 Å². The molecule has 1 aromatic rings. The third-order valence-electron chi connectivity index (χ3n) is 3.98. The number of amides is 1. The molecule has 1 aromatic carbocycles. The third-order valence-corrected chi connectivity index (χ3v) is 4.96. The lowest BCUT2D eigenvalue weighted by molar-refractivity contribution is -0.136. The van der Waals surface area contributed by atoms with E-state index in [4.69, 9.17) is 29.8 Å². The molecule has 0 radical (unpaired) electrons. The second kappa shape index (κ2) is 9.36. The summed E-state index contributed by atoms with van der Waals surface area (Å²) in [6.07, 6.45) is -0.114. The van der Waals surface area contributed by atoms with E-state index in [1.807, 2.05) is 0 Å². The molecule has 1 heterocycles. The van der Waals surface area contributed by atoms with Crippen molar-refractivity contribution in [1.29, 1.82) is 0 Å². The first-order chi connectivity index (χ1) is 14.1. The van der Waals surface area contributed by atoms with Crippen LogP contribution in [0.2, 0.25) is 0 Å². The van der Waals surface area contributed by atoms with E-state index in [1.54, 1.807) is 6.92 Å². The van der Waals surface area contributed by atoms with E-state index in [0.29, 0.717) is 6.07 Å². The van der Waals surface area contributed by atoms with Crippen molar-refractivity contribution >= 4 is 44.7 Å². The number of alkyl halides is 3. The van der Waals surface area contributed by atoms with Crippen molar-refractivity contribution in [3.05, 3.63) is 35.2 Å². The van der Waals surface area contributed by atoms with Crippen LogP contribution in [0.25, 0.3) is 4.85 Å². The van der Waals surface area contributed by atoms with Crippen LogP contribution in [0.3, 0.4) is 0 Å². The molecule has 1 amide bonds. The number of carbonyl (C=O) groups excluding carboxylic acids is 1. The van der Waals surface area contributed by atoms with E-state index in [2.05, 4.69) is 22.6 Å². The van der Waals surface area contributed by atoms with Gasteiger partial charge in [0.15, 0.2) is 10.8 Å². The van der Waals surface area contributed by atoms with Crippen LogP contribution in [0, 0.1) is 30.8 Å². The number of hydrogen-bond donors (Lipinski definition) is 1. The van der Waals surface area contributed by atoms with Crippen LogP contribution in [0.15, 0.2) is 18.2 Å². The molecule has 1 saturated heterocycles. The van der Waals surface area contributed by atoms with Gasteiger partial charge in [-0.25, -0.2) is 4.85 Å². The Hall–Kier alpha value is -3.11. The molecule has 164 valence electrons. The number of rotatable bonds is 3. The smallest absolute Gasteiger partial charge is 0.317 e. The van der Waals surface area contributed by atoms with E-state index in [1.165, 1.54) is 13.8 Å². The predicted molar refractivity (Wildman–Crippen MR) is 112 cm³/mol. The predicted octanol–water partition coefficient (Wildman–Crippen LogP) is 3.46. The minimum atomic E-state index is -4.83. The summed E-state index contributed by atoms with van der Waals surface area (Å²) in [4.78, 5) is 17.1. The maximum Gasteiger partial charge on any atom is 0.407 e. The van der Waals surface area contributed by atoms with Gasteiger partial charge in [-0.05, 0) is 57.0 Å². The summed E-state index contributed by atoms with van der Waals surface area (Å²) in [5.41, 5.74) is -3.66. The van der Waals surface area contributed by atoms with Crippen LogP contribution in [0.1, 0.15) is 26.3 Å². The number of hydrogen-bond acceptors (Lipinski definition) is 4. The first kappa shape index (κ1) is 25.9. The molecule has 0 atom stereocenters. The highest BCUT2D eigenvalue weighted by Crippen LogP contribution is 2.40. The molecule has 12 heteroatoms. The normalized spacial score (nSPS) is 15.3. The molecule has 1 aliphatic heterocycles. The van der Waals surface area contributed by atoms with Crippen molar-refractivity contribution in [1.82, 2.24) is 4.90 Å². The molecule has 7 nitrogen and oxygen atoms in total. The molecular formula is C19H16F3N3O4S2. The number of benzene rings is 1. The van der Waals surface area contributed by atoms with Crippen molar-refractivity contribution < 1.29 is 30.9 Å². The standard InChI is InChI=1S/C14H12F3N3O4S2.C5H4/c1-13(2)11(21)20(12(25)19(13)7-26(22,23)24)8-4-5-10(18-3)9(6-8)14(15,16)17;1-3-5-4-2/h4-6H,7H2,1-2H3,(H,22,23,24);1H,2H3. The van der Waals surface area contributed by atoms with Crippen LogP contribution in [-0.2, 0) is 21.1 Å². The summed E-state index contributed by atoms with van der Waals surface area (Å²) in [6, 6.07) is 2.62. The van der Waals surface area contributed by atoms with E-state index in [9.17, 15) is 26.4 Å². The fraction of sp³-hybridized carbons (Fsp3) is 0.316. The number of nitrogens with zero attached hydrogens (tertiary/aromatic N) is 3. The van der Waals surface area contributed by atoms with Gasteiger partial charge in [0.2, 0.25) is 0 Å². The SMILES string of the molecule is C#CC#CC.[C-]#[N+]c1ccc(N2C(=O)C(C)(C)N(CS(=O)(=O)O)C2=S)cc1C(F)(F)F. The Bertz CT molecular complexity index is 1150. The molecule has 0 spiro atoms. The third kappa shape index (κ3) is 5.96. The first-order valence-corrected chi connectivity index (χ1v) is 10.2. The summed E-state index contributed by atoms with van der Waals surface area (Å²) in [5, 5.41) is -0.374. The van der Waals surface area contributed by atoms with Crippen molar-refractivity contribution in [3.8, 4) is 24.2 Å². The van der Waals surface area contributed by atoms with Crippen LogP contribution < -0.4 is 4.90 Å². The summed E-state index contributed by atoms with van der Waals surface area (Å²) in [7, 11) is -4.54. The molecule has 0 unspecified atom stereocenters. The molecule has 2 rings (SSSR count). The number of terminal acetylenes is 1. The zero-order chi connectivity index (χ0) is 24.2. The van der Waals surface area contributed by atoms with Gasteiger partial charge in [0.25, 0.3) is 16.0 Å². The number of halogens is 3. The van der Waals surface area contributed by atoms with E-state index >= 15 is 0 Å². The van der Waals surface area contributed by atoms with Crippen LogP contribution in [-0.4, -0.2) is 40.3 Å². The molecule has 31 heavy (non-hydrogen) atoms. The van der Waals surface area contributed by atoms with Crippen LogP contribution in [0.4, 0.5) is 24.5 Å². The monoisotopic (exact) mass is 471 g/mol. The summed E-state index contributed by atoms with van der Waals surface area (Å²) in [6.45, 7) is 11.2. The number of anilines is 1. The topological polar surface area (TPSA) is 82.3 Å². The van der Waals surface area contributed by atoms with Crippen molar-refractivity contribution in [3.63, 3.8) is 0 Å². The summed E-state index contributed by atoms with van der Waals surface area (Å²) in [5.74, 6) is 5.31. The van der Waals surface area contributed by atoms with Crippen molar-refractivity contribution in [2.24, 2.45) is 0 Å². The Morgan fingerprint density at radius 1 is 1.35 bits per heavy atom. The molecule has 0 aromatic heterocycles. The highest BCUT2D eigenvalue weighted by atomic mass is 32.2. The molecule has 1 N–H and O–H groups in total. The van der Waals surface area contributed by atoms with Crippen LogP contribution in [0.5, 0.6) is 0 Å². The maximum absolute atomic E-state index is 13.1. The lowest BCUT2D eigenvalue weighted by atomic mass is 10.0. The Labute approximate surface area is 183 Å². The Kier molecular flexibility index (Phi) is 7.83. The lowest BCUT2D eigenvalue weighted by Crippen LogP contribution is -2.46. The number of thiocarbonyl (C=S) groups is 1. The van der Waals surface area contributed by atoms with Crippen LogP contribution >= 0.6 is 12.2 Å². The highest BCUT2D eigenvalue weighted by molar-refractivity contribution is 7.86. The average Bonchev–Trinajstić information content (AvgIpc) is 2.80. The van der Waals surface area contributed by atoms with Gasteiger partial charge in [-0.2, -0.15) is 21.6 Å². The van der Waals surface area contributed by atoms with Crippen molar-refractivity contribution in [2.45, 2.75) is 32.5 Å². The van der Waals surface area contributed by atoms with Gasteiger partial charge in [-0.1, -0.05) is 12.0 Å². The molecule has 1 aliphatic rings. The Morgan fingerprint density at radius 3 is 2.32 bits per heavy atom. The van der Waals surface area contributed by atoms with Crippen molar-refractivity contribution in [2.75, 3.05) is 10.8 Å². The second-order valence-corrected chi connectivity index (χ2v) is 8.24. The maximum atomic E-state index is 13.1. The number of carbonyl (C=O) groups is 1. The molecule has 0 saturated carbocycles. The average molecular weight is 471 g/mol. The quantitative estimate of drug-likeness (QED) is 0.315. The molecule has 1 fully saturated rings. The van der Waals surface area contributed by atoms with Gasteiger partial charge in [0.05, 0.1) is 12.1 Å². The van der Waals surface area contributed by atoms with Gasteiger partial charge in [-0.15, -0.1) is 6.42 Å². The molecular weight excluding hydrogens is 455 g/mol. The largest absolute Gasteiger partial charge is 0.407 e. The van der Waals surface area contributed by atoms with Gasteiger partial charge in [0, 0.05) is 5.69 Å². The Morgan fingerprint density at radius 2 is 1.94 bits per heavy atom. The second-order valence-electron chi connectivity index (χ2n) is 6.45. The zero-order valence-electron chi connectivity index (χ0n) is 16.5. The molecule has 0 bridgehead atoms. The first-order valence-electron chi connectivity index (χ1n) is 8.19. The highest BCUT2D eigenvalue weighted by Gasteiger charge is 2.51.